The molecule has 0 unspecified atom stereocenters. The van der Waals surface area contributed by atoms with Crippen LogP contribution in [0.3, 0.4) is 0 Å². The molecular formula is C10H12NO2. The Bertz CT molecular complexity index is 256. The van der Waals surface area contributed by atoms with E-state index in [2.05, 4.69) is 5.32 Å². The van der Waals surface area contributed by atoms with Gasteiger partial charge < -0.3 is 10.4 Å². The van der Waals surface area contributed by atoms with Crippen molar-refractivity contribution >= 4 is 6.29 Å². The van der Waals surface area contributed by atoms with Gasteiger partial charge in [-0.3, -0.25) is 4.79 Å². The minimum atomic E-state index is 0.139. The fourth-order valence-electron chi connectivity index (χ4n) is 1.00. The highest BCUT2D eigenvalue weighted by atomic mass is 16.3. The third kappa shape index (κ3) is 3.36. The van der Waals surface area contributed by atoms with Gasteiger partial charge in [0.1, 0.15) is 0 Å². The van der Waals surface area contributed by atoms with Crippen molar-refractivity contribution in [2.24, 2.45) is 0 Å². The van der Waals surface area contributed by atoms with Crippen LogP contribution in [0.1, 0.15) is 11.1 Å². The highest BCUT2D eigenvalue weighted by molar-refractivity contribution is 5.75. The number of benzene rings is 1. The van der Waals surface area contributed by atoms with Crippen molar-refractivity contribution in [2.45, 2.75) is 6.54 Å². The van der Waals surface area contributed by atoms with Crippen LogP contribution in [-0.4, -0.2) is 24.5 Å². The Labute approximate surface area is 77.4 Å². The first-order valence-electron chi connectivity index (χ1n) is 4.15. The van der Waals surface area contributed by atoms with Gasteiger partial charge in [0.15, 0.2) is 0 Å². The summed E-state index contributed by atoms with van der Waals surface area (Å²) in [4.78, 5) is 10.2. The van der Waals surface area contributed by atoms with E-state index in [4.69, 9.17) is 5.11 Å². The molecule has 0 atom stereocenters. The summed E-state index contributed by atoms with van der Waals surface area (Å²) in [6, 6.07) is 7.18. The Kier molecular flexibility index (Phi) is 4.15. The lowest BCUT2D eigenvalue weighted by atomic mass is 10.1. The number of rotatable bonds is 5. The molecule has 0 bridgehead atoms. The molecule has 0 spiro atoms. The molecule has 1 aromatic carbocycles. The predicted molar refractivity (Wildman–Crippen MR) is 50.0 cm³/mol. The number of aliphatic hydroxyl groups excluding tert-OH is 1. The molecule has 0 fully saturated rings. The molecule has 1 radical (unpaired) electrons. The van der Waals surface area contributed by atoms with Crippen LogP contribution < -0.4 is 5.32 Å². The van der Waals surface area contributed by atoms with Gasteiger partial charge in [-0.05, 0) is 5.56 Å². The van der Waals surface area contributed by atoms with Gasteiger partial charge in [-0.15, -0.1) is 0 Å². The summed E-state index contributed by atoms with van der Waals surface area (Å²) in [5.41, 5.74) is 1.65. The average Bonchev–Trinajstić information content (AvgIpc) is 2.19. The summed E-state index contributed by atoms with van der Waals surface area (Å²) in [7, 11) is 0. The Balaban J connectivity index is 2.44. The molecule has 13 heavy (non-hydrogen) atoms. The molecule has 3 heteroatoms. The SMILES string of the molecule is O=[C]c1ccc(CNCCO)cc1. The summed E-state index contributed by atoms with van der Waals surface area (Å²) in [5, 5.41) is 11.6. The lowest BCUT2D eigenvalue weighted by Gasteiger charge is -2.02. The maximum Gasteiger partial charge on any atom is 0.233 e. The van der Waals surface area contributed by atoms with E-state index in [0.29, 0.717) is 18.7 Å². The van der Waals surface area contributed by atoms with Crippen LogP contribution >= 0.6 is 0 Å². The molecule has 0 aliphatic carbocycles. The highest BCUT2D eigenvalue weighted by Crippen LogP contribution is 2.01. The third-order valence-electron chi connectivity index (χ3n) is 1.69. The van der Waals surface area contributed by atoms with Gasteiger partial charge in [0.25, 0.3) is 0 Å². The Morgan fingerprint density at radius 2 is 2.00 bits per heavy atom. The summed E-state index contributed by atoms with van der Waals surface area (Å²) in [6.07, 6.45) is 1.81. The average molecular weight is 178 g/mol. The van der Waals surface area contributed by atoms with Gasteiger partial charge in [0.05, 0.1) is 6.61 Å². The van der Waals surface area contributed by atoms with Gasteiger partial charge >= 0.3 is 0 Å². The van der Waals surface area contributed by atoms with Crippen LogP contribution in [0.2, 0.25) is 0 Å². The first-order chi connectivity index (χ1) is 6.36. The molecule has 0 aliphatic rings. The zero-order chi connectivity index (χ0) is 9.52. The second-order valence-electron chi connectivity index (χ2n) is 2.70. The van der Waals surface area contributed by atoms with Crippen molar-refractivity contribution in [1.82, 2.24) is 5.32 Å². The van der Waals surface area contributed by atoms with Crippen molar-refractivity contribution < 1.29 is 9.90 Å². The van der Waals surface area contributed by atoms with E-state index in [0.717, 1.165) is 5.56 Å². The van der Waals surface area contributed by atoms with Crippen molar-refractivity contribution in [3.63, 3.8) is 0 Å². The highest BCUT2D eigenvalue weighted by Gasteiger charge is 1.93. The summed E-state index contributed by atoms with van der Waals surface area (Å²) in [6.45, 7) is 1.43. The molecule has 1 rings (SSSR count). The van der Waals surface area contributed by atoms with Gasteiger partial charge in [0.2, 0.25) is 6.29 Å². The monoisotopic (exact) mass is 178 g/mol. The largest absolute Gasteiger partial charge is 0.395 e. The minimum absolute atomic E-state index is 0.139. The second kappa shape index (κ2) is 5.45. The molecule has 0 saturated heterocycles. The van der Waals surface area contributed by atoms with E-state index >= 15 is 0 Å². The Morgan fingerprint density at radius 3 is 2.54 bits per heavy atom. The van der Waals surface area contributed by atoms with Crippen molar-refractivity contribution in [3.05, 3.63) is 35.4 Å². The van der Waals surface area contributed by atoms with E-state index in [9.17, 15) is 4.79 Å². The number of hydrogen-bond acceptors (Lipinski definition) is 3. The van der Waals surface area contributed by atoms with Gasteiger partial charge in [0, 0.05) is 18.7 Å². The number of aliphatic hydroxyl groups is 1. The topological polar surface area (TPSA) is 49.3 Å². The standard InChI is InChI=1S/C10H12NO2/c12-6-5-11-7-9-1-3-10(8-13)4-2-9/h1-4,11-12H,5-7H2. The molecule has 0 aromatic heterocycles. The number of carbonyl (C=O) groups excluding carboxylic acids is 1. The van der Waals surface area contributed by atoms with Gasteiger partial charge in [-0.1, -0.05) is 24.3 Å². The first-order valence-corrected chi connectivity index (χ1v) is 4.15. The van der Waals surface area contributed by atoms with Crippen molar-refractivity contribution in [3.8, 4) is 0 Å². The lowest BCUT2D eigenvalue weighted by Crippen LogP contribution is -2.17. The quantitative estimate of drug-likeness (QED) is 0.634. The van der Waals surface area contributed by atoms with Crippen LogP contribution in [0.4, 0.5) is 0 Å². The maximum absolute atomic E-state index is 10.2. The second-order valence-corrected chi connectivity index (χ2v) is 2.70. The number of nitrogens with one attached hydrogen (secondary N) is 1. The summed E-state index contributed by atoms with van der Waals surface area (Å²) < 4.78 is 0. The fourth-order valence-corrected chi connectivity index (χ4v) is 1.00. The molecule has 0 saturated carbocycles. The molecule has 2 N–H and O–H groups in total. The fraction of sp³-hybridized carbons (Fsp3) is 0.300. The van der Waals surface area contributed by atoms with E-state index < -0.39 is 0 Å². The van der Waals surface area contributed by atoms with E-state index in [-0.39, 0.29) is 6.61 Å². The van der Waals surface area contributed by atoms with E-state index in [1.54, 1.807) is 12.1 Å². The molecule has 0 aliphatic heterocycles. The van der Waals surface area contributed by atoms with Gasteiger partial charge in [-0.2, -0.15) is 0 Å². The Morgan fingerprint density at radius 1 is 1.31 bits per heavy atom. The number of hydrogen-bond donors (Lipinski definition) is 2. The zero-order valence-electron chi connectivity index (χ0n) is 7.29. The third-order valence-corrected chi connectivity index (χ3v) is 1.69. The molecule has 69 valence electrons. The van der Waals surface area contributed by atoms with Crippen molar-refractivity contribution in [1.29, 1.82) is 0 Å². The van der Waals surface area contributed by atoms with Crippen LogP contribution in [0.5, 0.6) is 0 Å². The van der Waals surface area contributed by atoms with Crippen LogP contribution in [0, 0.1) is 0 Å². The maximum atomic E-state index is 10.2. The molecular weight excluding hydrogens is 166 g/mol. The summed E-state index contributed by atoms with van der Waals surface area (Å²) >= 11 is 0. The van der Waals surface area contributed by atoms with Gasteiger partial charge in [-0.25, -0.2) is 0 Å². The van der Waals surface area contributed by atoms with E-state index in [1.165, 1.54) is 0 Å². The predicted octanol–water partition coefficient (Wildman–Crippen LogP) is 0.226. The summed E-state index contributed by atoms with van der Waals surface area (Å²) in [5.74, 6) is 0. The molecule has 0 heterocycles. The van der Waals surface area contributed by atoms with Crippen LogP contribution in [-0.2, 0) is 11.3 Å². The first kappa shape index (κ1) is 9.89. The van der Waals surface area contributed by atoms with Crippen LogP contribution in [0.15, 0.2) is 24.3 Å². The van der Waals surface area contributed by atoms with Crippen LogP contribution in [0.25, 0.3) is 0 Å². The van der Waals surface area contributed by atoms with Crippen molar-refractivity contribution in [2.75, 3.05) is 13.2 Å². The molecule has 0 amide bonds. The zero-order valence-corrected chi connectivity index (χ0v) is 7.29. The molecule has 1 aromatic rings. The smallest absolute Gasteiger partial charge is 0.233 e. The normalized spacial score (nSPS) is 9.92. The molecule has 3 nitrogen and oxygen atoms in total. The van der Waals surface area contributed by atoms with E-state index in [1.807, 2.05) is 18.4 Å². The Hall–Kier alpha value is -1.19. The lowest BCUT2D eigenvalue weighted by molar-refractivity contribution is 0.292. The minimum Gasteiger partial charge on any atom is -0.395 e.